The normalized spacial score (nSPS) is 19.9. The van der Waals surface area contributed by atoms with Gasteiger partial charge in [0.15, 0.2) is 0 Å². The van der Waals surface area contributed by atoms with Crippen molar-refractivity contribution in [3.8, 4) is 11.1 Å². The van der Waals surface area contributed by atoms with Crippen LogP contribution in [0.2, 0.25) is 0 Å². The maximum Gasteiger partial charge on any atom is 0.281 e. The molecule has 1 aliphatic rings. The molecule has 20 heavy (non-hydrogen) atoms. The summed E-state index contributed by atoms with van der Waals surface area (Å²) in [6.45, 7) is 1.73. The van der Waals surface area contributed by atoms with Gasteiger partial charge in [-0.15, -0.1) is 0 Å². The smallest absolute Gasteiger partial charge is 0.281 e. The molecule has 0 saturated carbocycles. The third-order valence-electron chi connectivity index (χ3n) is 3.58. The van der Waals surface area contributed by atoms with Crippen LogP contribution in [0.3, 0.4) is 0 Å². The standard InChI is InChI=1S/C14H13F2N3O/c1-7-10(6-18-13(17)19-7)9-4-2-3-8-5-14(15,16)12(20)11(8)9/h2-4,6,12,20H,5H2,1H3,(H2,17,18,19). The molecule has 3 rings (SSSR count). The van der Waals surface area contributed by atoms with E-state index in [9.17, 15) is 13.9 Å². The first-order valence-corrected chi connectivity index (χ1v) is 6.17. The molecule has 0 radical (unpaired) electrons. The molecule has 0 saturated heterocycles. The highest BCUT2D eigenvalue weighted by Gasteiger charge is 2.47. The van der Waals surface area contributed by atoms with Gasteiger partial charge in [0.25, 0.3) is 5.92 Å². The number of aryl methyl sites for hydroxylation is 1. The van der Waals surface area contributed by atoms with Crippen molar-refractivity contribution in [2.75, 3.05) is 5.73 Å². The molecule has 1 aromatic heterocycles. The lowest BCUT2D eigenvalue weighted by atomic mass is 9.96. The van der Waals surface area contributed by atoms with E-state index in [1.54, 1.807) is 25.1 Å². The Bertz CT molecular complexity index is 688. The number of benzene rings is 1. The third kappa shape index (κ3) is 1.84. The van der Waals surface area contributed by atoms with Crippen molar-refractivity contribution >= 4 is 5.95 Å². The van der Waals surface area contributed by atoms with E-state index in [1.807, 2.05) is 0 Å². The van der Waals surface area contributed by atoms with Gasteiger partial charge in [-0.3, -0.25) is 0 Å². The minimum absolute atomic E-state index is 0.129. The van der Waals surface area contributed by atoms with Gasteiger partial charge in [0.1, 0.15) is 6.10 Å². The zero-order chi connectivity index (χ0) is 14.5. The van der Waals surface area contributed by atoms with Crippen molar-refractivity contribution in [1.82, 2.24) is 9.97 Å². The van der Waals surface area contributed by atoms with Gasteiger partial charge in [-0.2, -0.15) is 0 Å². The van der Waals surface area contributed by atoms with Gasteiger partial charge in [0.05, 0.1) is 5.69 Å². The van der Waals surface area contributed by atoms with E-state index < -0.39 is 18.4 Å². The molecule has 6 heteroatoms. The van der Waals surface area contributed by atoms with Gasteiger partial charge in [-0.1, -0.05) is 18.2 Å². The van der Waals surface area contributed by atoms with Gasteiger partial charge in [0, 0.05) is 18.2 Å². The molecule has 0 aliphatic heterocycles. The maximum absolute atomic E-state index is 13.7. The lowest BCUT2D eigenvalue weighted by molar-refractivity contribution is -0.0966. The van der Waals surface area contributed by atoms with Gasteiger partial charge < -0.3 is 10.8 Å². The predicted octanol–water partition coefficient (Wildman–Crippen LogP) is 2.26. The molecule has 0 fully saturated rings. The summed E-state index contributed by atoms with van der Waals surface area (Å²) in [5.74, 6) is -3.01. The molecular formula is C14H13F2N3O. The summed E-state index contributed by atoms with van der Waals surface area (Å²) in [5.41, 5.74) is 7.94. The fraction of sp³-hybridized carbons (Fsp3) is 0.286. The fourth-order valence-electron chi connectivity index (χ4n) is 2.64. The molecule has 1 heterocycles. The Balaban J connectivity index is 2.21. The highest BCUT2D eigenvalue weighted by Crippen LogP contribution is 2.47. The Hall–Kier alpha value is -2.08. The number of hydrogen-bond donors (Lipinski definition) is 2. The number of rotatable bonds is 1. The van der Waals surface area contributed by atoms with Crippen LogP contribution in [0, 0.1) is 6.92 Å². The van der Waals surface area contributed by atoms with Crippen molar-refractivity contribution < 1.29 is 13.9 Å². The van der Waals surface area contributed by atoms with Gasteiger partial charge >= 0.3 is 0 Å². The average molecular weight is 277 g/mol. The number of aliphatic hydroxyl groups is 1. The molecule has 0 spiro atoms. The summed E-state index contributed by atoms with van der Waals surface area (Å²) in [4.78, 5) is 7.94. The largest absolute Gasteiger partial charge is 0.382 e. The van der Waals surface area contributed by atoms with Crippen molar-refractivity contribution in [3.63, 3.8) is 0 Å². The maximum atomic E-state index is 13.7. The van der Waals surface area contributed by atoms with Gasteiger partial charge in [-0.05, 0) is 23.6 Å². The number of fused-ring (bicyclic) bond motifs is 1. The Labute approximate surface area is 114 Å². The Morgan fingerprint density at radius 3 is 2.80 bits per heavy atom. The summed E-state index contributed by atoms with van der Waals surface area (Å²) < 4.78 is 27.4. The molecule has 4 nitrogen and oxygen atoms in total. The van der Waals surface area contributed by atoms with Crippen LogP contribution in [0.1, 0.15) is 22.9 Å². The second-order valence-electron chi connectivity index (χ2n) is 4.95. The Morgan fingerprint density at radius 1 is 1.35 bits per heavy atom. The number of hydrogen-bond acceptors (Lipinski definition) is 4. The van der Waals surface area contributed by atoms with Crippen LogP contribution in [0.5, 0.6) is 0 Å². The molecule has 1 atom stereocenters. The number of nitrogens with two attached hydrogens (primary N) is 1. The highest BCUT2D eigenvalue weighted by molar-refractivity contribution is 5.72. The van der Waals surface area contributed by atoms with Crippen molar-refractivity contribution in [2.45, 2.75) is 25.4 Å². The van der Waals surface area contributed by atoms with Crippen LogP contribution >= 0.6 is 0 Å². The molecule has 3 N–H and O–H groups in total. The minimum atomic E-state index is -3.14. The number of nitrogen functional groups attached to an aromatic ring is 1. The number of anilines is 1. The first-order chi connectivity index (χ1) is 9.40. The van der Waals surface area contributed by atoms with Crippen LogP contribution in [-0.4, -0.2) is 21.0 Å². The first kappa shape index (κ1) is 12.9. The molecule has 0 bridgehead atoms. The topological polar surface area (TPSA) is 72.0 Å². The number of nitrogens with zero attached hydrogens (tertiary/aromatic N) is 2. The van der Waals surface area contributed by atoms with Crippen molar-refractivity contribution in [1.29, 1.82) is 0 Å². The van der Waals surface area contributed by atoms with E-state index >= 15 is 0 Å². The quantitative estimate of drug-likeness (QED) is 0.838. The molecule has 2 aromatic rings. The zero-order valence-corrected chi connectivity index (χ0v) is 10.8. The predicted molar refractivity (Wildman–Crippen MR) is 70.2 cm³/mol. The van der Waals surface area contributed by atoms with Crippen molar-refractivity contribution in [2.24, 2.45) is 0 Å². The average Bonchev–Trinajstić information content (AvgIpc) is 2.60. The minimum Gasteiger partial charge on any atom is -0.382 e. The molecule has 1 unspecified atom stereocenters. The summed E-state index contributed by atoms with van der Waals surface area (Å²) in [7, 11) is 0. The number of halogens is 2. The number of aromatic nitrogens is 2. The Kier molecular flexibility index (Phi) is 2.72. The van der Waals surface area contributed by atoms with E-state index in [0.29, 0.717) is 22.4 Å². The summed E-state index contributed by atoms with van der Waals surface area (Å²) >= 11 is 0. The lowest BCUT2D eigenvalue weighted by Crippen LogP contribution is -2.21. The van der Waals surface area contributed by atoms with Crippen LogP contribution < -0.4 is 5.73 Å². The lowest BCUT2D eigenvalue weighted by Gasteiger charge is -2.16. The monoisotopic (exact) mass is 277 g/mol. The fourth-order valence-corrected chi connectivity index (χ4v) is 2.64. The number of alkyl halides is 2. The second-order valence-corrected chi connectivity index (χ2v) is 4.95. The Morgan fingerprint density at radius 2 is 2.10 bits per heavy atom. The molecular weight excluding hydrogens is 264 g/mol. The molecule has 0 amide bonds. The highest BCUT2D eigenvalue weighted by atomic mass is 19.3. The first-order valence-electron chi connectivity index (χ1n) is 6.17. The summed E-state index contributed by atoms with van der Waals surface area (Å²) in [5, 5.41) is 9.88. The van der Waals surface area contributed by atoms with Crippen LogP contribution in [-0.2, 0) is 6.42 Å². The van der Waals surface area contributed by atoms with Crippen LogP contribution in [0.15, 0.2) is 24.4 Å². The van der Waals surface area contributed by atoms with E-state index in [2.05, 4.69) is 9.97 Å². The molecule has 1 aliphatic carbocycles. The third-order valence-corrected chi connectivity index (χ3v) is 3.58. The molecule has 1 aromatic carbocycles. The van der Waals surface area contributed by atoms with E-state index in [1.165, 1.54) is 6.20 Å². The van der Waals surface area contributed by atoms with Gasteiger partial charge in [-0.25, -0.2) is 18.7 Å². The van der Waals surface area contributed by atoms with E-state index in [4.69, 9.17) is 5.73 Å². The zero-order valence-electron chi connectivity index (χ0n) is 10.8. The van der Waals surface area contributed by atoms with Crippen LogP contribution in [0.25, 0.3) is 11.1 Å². The summed E-state index contributed by atoms with van der Waals surface area (Å²) in [6, 6.07) is 4.99. The number of aliphatic hydroxyl groups excluding tert-OH is 1. The van der Waals surface area contributed by atoms with E-state index in [-0.39, 0.29) is 11.5 Å². The SMILES string of the molecule is Cc1nc(N)ncc1-c1cccc2c1C(O)C(F)(F)C2. The van der Waals surface area contributed by atoms with E-state index in [0.717, 1.165) is 0 Å². The molecule has 104 valence electrons. The summed E-state index contributed by atoms with van der Waals surface area (Å²) in [6.07, 6.45) is -0.756. The van der Waals surface area contributed by atoms with Gasteiger partial charge in [0.2, 0.25) is 5.95 Å². The second kappa shape index (κ2) is 4.21. The van der Waals surface area contributed by atoms with Crippen LogP contribution in [0.4, 0.5) is 14.7 Å². The van der Waals surface area contributed by atoms with Crippen molar-refractivity contribution in [3.05, 3.63) is 41.2 Å².